The van der Waals surface area contributed by atoms with Crippen molar-refractivity contribution in [2.24, 2.45) is 0 Å². The molecule has 0 saturated carbocycles. The Morgan fingerprint density at radius 2 is 1.63 bits per heavy atom. The summed E-state index contributed by atoms with van der Waals surface area (Å²) in [6.07, 6.45) is 4.24. The minimum Gasteiger partial charge on any atom is -0.478 e. The van der Waals surface area contributed by atoms with Crippen molar-refractivity contribution in [3.05, 3.63) is 143 Å². The first-order valence-corrected chi connectivity index (χ1v) is 13.2. The van der Waals surface area contributed by atoms with Crippen molar-refractivity contribution in [1.82, 2.24) is 14.9 Å². The fraction of sp³-hybridized carbons (Fsp3) is 0.0882. The van der Waals surface area contributed by atoms with Crippen LogP contribution in [0.5, 0.6) is 0 Å². The third-order valence-electron chi connectivity index (χ3n) is 7.31. The number of fused-ring (bicyclic) bond motifs is 2. The summed E-state index contributed by atoms with van der Waals surface area (Å²) in [7, 11) is 0. The zero-order valence-corrected chi connectivity index (χ0v) is 22.2. The smallest absolute Gasteiger partial charge is 0.335 e. The molecule has 2 heterocycles. The van der Waals surface area contributed by atoms with Crippen LogP contribution in [0.25, 0.3) is 27.4 Å². The van der Waals surface area contributed by atoms with Crippen LogP contribution in [0.4, 0.5) is 4.39 Å². The number of carbonyl (C=O) groups is 2. The van der Waals surface area contributed by atoms with Crippen molar-refractivity contribution in [3.8, 4) is 11.1 Å². The lowest BCUT2D eigenvalue weighted by atomic mass is 9.98. The highest BCUT2D eigenvalue weighted by Gasteiger charge is 2.20. The molecule has 0 spiro atoms. The first kappa shape index (κ1) is 26.0. The Morgan fingerprint density at radius 1 is 0.902 bits per heavy atom. The molecule has 6 aromatic rings. The second-order valence-electron chi connectivity index (χ2n) is 10.1. The molecule has 6 nitrogen and oxygen atoms in total. The number of nitrogens with zero attached hydrogens (tertiary/aromatic N) is 2. The van der Waals surface area contributed by atoms with Gasteiger partial charge in [0, 0.05) is 23.7 Å². The van der Waals surface area contributed by atoms with Crippen molar-refractivity contribution < 1.29 is 19.1 Å². The van der Waals surface area contributed by atoms with Crippen LogP contribution < -0.4 is 5.32 Å². The number of aromatic nitrogens is 2. The number of amides is 1. The third kappa shape index (κ3) is 5.30. The van der Waals surface area contributed by atoms with E-state index in [0.29, 0.717) is 17.5 Å². The molecule has 0 radical (unpaired) electrons. The average molecular weight is 544 g/mol. The van der Waals surface area contributed by atoms with Gasteiger partial charge in [0.25, 0.3) is 5.91 Å². The third-order valence-corrected chi connectivity index (χ3v) is 7.31. The van der Waals surface area contributed by atoms with E-state index in [4.69, 9.17) is 0 Å². The Morgan fingerprint density at radius 3 is 2.39 bits per heavy atom. The van der Waals surface area contributed by atoms with Crippen LogP contribution >= 0.6 is 0 Å². The summed E-state index contributed by atoms with van der Waals surface area (Å²) in [5, 5.41) is 18.7. The quantitative estimate of drug-likeness (QED) is 0.226. The number of halogens is 1. The van der Waals surface area contributed by atoms with Crippen LogP contribution in [0, 0.1) is 5.82 Å². The van der Waals surface area contributed by atoms with Gasteiger partial charge in [-0.2, -0.15) is 5.10 Å². The molecule has 0 aliphatic heterocycles. The number of aromatic carboxylic acids is 1. The minimum absolute atomic E-state index is 0.187. The summed E-state index contributed by atoms with van der Waals surface area (Å²) >= 11 is 0. The standard InChI is InChI=1S/C34H26FN3O3/c1-21(23-9-11-25(12-10-23)34(40)41)37-33(39)31-18-29(24-5-3-2-4-6-24)20-38-32(31)28(19-36-38)16-22-7-8-27-17-30(35)14-13-26(27)15-22/h2-15,17-21H,16H2,1H3,(H,37,39)(H,40,41)/t21-/m0/s1. The first-order valence-electron chi connectivity index (χ1n) is 13.2. The normalized spacial score (nSPS) is 12.0. The van der Waals surface area contributed by atoms with E-state index in [1.807, 2.05) is 67.7 Å². The van der Waals surface area contributed by atoms with Gasteiger partial charge in [0.1, 0.15) is 5.82 Å². The molecule has 41 heavy (non-hydrogen) atoms. The van der Waals surface area contributed by atoms with Gasteiger partial charge in [-0.3, -0.25) is 4.79 Å². The molecule has 0 fully saturated rings. The van der Waals surface area contributed by atoms with E-state index in [1.165, 1.54) is 24.3 Å². The first-order chi connectivity index (χ1) is 19.9. The summed E-state index contributed by atoms with van der Waals surface area (Å²) in [5.74, 6) is -1.54. The lowest BCUT2D eigenvalue weighted by Gasteiger charge is -2.16. The Labute approximate surface area is 235 Å². The molecule has 6 rings (SSSR count). The predicted molar refractivity (Wildman–Crippen MR) is 157 cm³/mol. The summed E-state index contributed by atoms with van der Waals surface area (Å²) < 4.78 is 15.4. The maximum Gasteiger partial charge on any atom is 0.335 e. The highest BCUT2D eigenvalue weighted by atomic mass is 19.1. The Hall–Kier alpha value is -5.30. The molecule has 7 heteroatoms. The van der Waals surface area contributed by atoms with Crippen molar-refractivity contribution in [1.29, 1.82) is 0 Å². The van der Waals surface area contributed by atoms with E-state index in [0.717, 1.165) is 38.6 Å². The maximum atomic E-state index is 13.8. The number of carboxylic acid groups (broad SMARTS) is 1. The zero-order chi connectivity index (χ0) is 28.5. The van der Waals surface area contributed by atoms with Crippen LogP contribution in [0.15, 0.2) is 109 Å². The van der Waals surface area contributed by atoms with Crippen LogP contribution in [-0.4, -0.2) is 26.6 Å². The topological polar surface area (TPSA) is 83.7 Å². The second-order valence-corrected chi connectivity index (χ2v) is 10.1. The molecule has 0 unspecified atom stereocenters. The van der Waals surface area contributed by atoms with Gasteiger partial charge < -0.3 is 10.4 Å². The van der Waals surface area contributed by atoms with Crippen LogP contribution in [0.3, 0.4) is 0 Å². The fourth-order valence-electron chi connectivity index (χ4n) is 5.14. The zero-order valence-electron chi connectivity index (χ0n) is 22.2. The summed E-state index contributed by atoms with van der Waals surface area (Å²) in [6, 6.07) is 28.4. The molecule has 4 aromatic carbocycles. The van der Waals surface area contributed by atoms with Crippen molar-refractivity contribution in [2.75, 3.05) is 0 Å². The van der Waals surface area contributed by atoms with Crippen LogP contribution in [0.2, 0.25) is 0 Å². The molecular formula is C34H26FN3O3. The molecular weight excluding hydrogens is 517 g/mol. The number of carboxylic acids is 1. The molecule has 2 N–H and O–H groups in total. The number of benzene rings is 4. The number of nitrogens with one attached hydrogen (secondary N) is 1. The fourth-order valence-corrected chi connectivity index (χ4v) is 5.14. The van der Waals surface area contributed by atoms with Gasteiger partial charge >= 0.3 is 5.97 Å². The summed E-state index contributed by atoms with van der Waals surface area (Å²) in [6.45, 7) is 1.86. The van der Waals surface area contributed by atoms with E-state index in [2.05, 4.69) is 10.4 Å². The Kier molecular flexibility index (Phi) is 6.77. The second kappa shape index (κ2) is 10.7. The van der Waals surface area contributed by atoms with Crippen molar-refractivity contribution in [3.63, 3.8) is 0 Å². The summed E-state index contributed by atoms with van der Waals surface area (Å²) in [4.78, 5) is 25.1. The monoisotopic (exact) mass is 543 g/mol. The molecule has 202 valence electrons. The molecule has 1 atom stereocenters. The van der Waals surface area contributed by atoms with Crippen molar-refractivity contribution in [2.45, 2.75) is 19.4 Å². The molecule has 0 saturated heterocycles. The molecule has 1 amide bonds. The largest absolute Gasteiger partial charge is 0.478 e. The summed E-state index contributed by atoms with van der Waals surface area (Å²) in [5.41, 5.74) is 5.88. The molecule has 2 aromatic heterocycles. The van der Waals surface area contributed by atoms with E-state index in [9.17, 15) is 19.1 Å². The minimum atomic E-state index is -1.000. The molecule has 0 aliphatic rings. The maximum absolute atomic E-state index is 13.8. The van der Waals surface area contributed by atoms with Crippen LogP contribution in [0.1, 0.15) is 50.4 Å². The highest BCUT2D eigenvalue weighted by molar-refractivity contribution is 6.03. The lowest BCUT2D eigenvalue weighted by Crippen LogP contribution is -2.27. The van der Waals surface area contributed by atoms with Gasteiger partial charge in [-0.1, -0.05) is 66.7 Å². The van der Waals surface area contributed by atoms with Gasteiger partial charge in [-0.15, -0.1) is 0 Å². The van der Waals surface area contributed by atoms with Crippen molar-refractivity contribution >= 4 is 28.2 Å². The number of carbonyl (C=O) groups excluding carboxylic acids is 1. The van der Waals surface area contributed by atoms with Gasteiger partial charge in [0.15, 0.2) is 0 Å². The average Bonchev–Trinajstić information content (AvgIpc) is 3.39. The van der Waals surface area contributed by atoms with Gasteiger partial charge in [-0.25, -0.2) is 13.7 Å². The van der Waals surface area contributed by atoms with Gasteiger partial charge in [0.2, 0.25) is 0 Å². The van der Waals surface area contributed by atoms with E-state index in [1.54, 1.807) is 28.9 Å². The van der Waals surface area contributed by atoms with Crippen LogP contribution in [-0.2, 0) is 6.42 Å². The SMILES string of the molecule is C[C@H](NC(=O)c1cc(-c2ccccc2)cn2ncc(Cc3ccc4cc(F)ccc4c3)c12)c1ccc(C(=O)O)cc1. The molecule has 0 aliphatic carbocycles. The highest BCUT2D eigenvalue weighted by Crippen LogP contribution is 2.28. The number of rotatable bonds is 7. The lowest BCUT2D eigenvalue weighted by molar-refractivity contribution is 0.0696. The molecule has 0 bridgehead atoms. The van der Waals surface area contributed by atoms with E-state index >= 15 is 0 Å². The van der Waals surface area contributed by atoms with Gasteiger partial charge in [-0.05, 0) is 64.7 Å². The number of pyridine rings is 1. The number of hydrogen-bond donors (Lipinski definition) is 2. The Bertz CT molecular complexity index is 1910. The van der Waals surface area contributed by atoms with E-state index in [-0.39, 0.29) is 23.3 Å². The van der Waals surface area contributed by atoms with E-state index < -0.39 is 5.97 Å². The Balaban J connectivity index is 1.38. The predicted octanol–water partition coefficient (Wildman–Crippen LogP) is 7.07. The number of hydrogen-bond acceptors (Lipinski definition) is 3. The van der Waals surface area contributed by atoms with Gasteiger partial charge in [0.05, 0.1) is 28.9 Å².